The number of hydrogen-bond acceptors (Lipinski definition) is 4. The molecule has 6 nitrogen and oxygen atoms in total. The molecule has 3 aromatic rings. The maximum Gasteiger partial charge on any atom is 0.274 e. The quantitative estimate of drug-likeness (QED) is 0.586. The number of aryl methyl sites for hydroxylation is 1. The number of methoxy groups -OCH3 is 1. The second kappa shape index (κ2) is 9.62. The maximum atomic E-state index is 13.4. The van der Waals surface area contributed by atoms with E-state index in [9.17, 15) is 4.79 Å². The van der Waals surface area contributed by atoms with Gasteiger partial charge >= 0.3 is 0 Å². The lowest BCUT2D eigenvalue weighted by molar-refractivity contribution is 0.0279. The first-order valence-electron chi connectivity index (χ1n) is 11.1. The molecule has 1 atom stereocenters. The number of pyridine rings is 1. The smallest absolute Gasteiger partial charge is 0.274 e. The largest absolute Gasteiger partial charge is 0.380 e. The van der Waals surface area contributed by atoms with Crippen LogP contribution >= 0.6 is 0 Å². The molecule has 1 fully saturated rings. The van der Waals surface area contributed by atoms with Crippen LogP contribution in [0.4, 0.5) is 0 Å². The fourth-order valence-electron chi connectivity index (χ4n) is 4.36. The Labute approximate surface area is 184 Å². The molecule has 164 valence electrons. The van der Waals surface area contributed by atoms with Crippen LogP contribution in [0, 0.1) is 6.92 Å². The van der Waals surface area contributed by atoms with Crippen LogP contribution in [0.15, 0.2) is 48.7 Å². The Kier molecular flexibility index (Phi) is 6.68. The van der Waals surface area contributed by atoms with E-state index in [4.69, 9.17) is 9.72 Å². The third kappa shape index (κ3) is 4.81. The molecule has 1 amide bonds. The van der Waals surface area contributed by atoms with Crippen molar-refractivity contribution < 1.29 is 9.53 Å². The van der Waals surface area contributed by atoms with Crippen molar-refractivity contribution in [2.45, 2.75) is 38.8 Å². The Morgan fingerprint density at radius 2 is 2.03 bits per heavy atom. The lowest BCUT2D eigenvalue weighted by Crippen LogP contribution is -2.39. The Balaban J connectivity index is 1.59. The predicted octanol–water partition coefficient (Wildman–Crippen LogP) is 3.57. The molecule has 1 saturated heterocycles. The molecule has 0 saturated carbocycles. The summed E-state index contributed by atoms with van der Waals surface area (Å²) in [5.41, 5.74) is 4.68. The summed E-state index contributed by atoms with van der Waals surface area (Å²) in [5, 5.41) is 0. The molecule has 1 aromatic carbocycles. The molecule has 0 spiro atoms. The van der Waals surface area contributed by atoms with Gasteiger partial charge in [-0.25, -0.2) is 4.98 Å². The highest BCUT2D eigenvalue weighted by molar-refractivity contribution is 5.94. The van der Waals surface area contributed by atoms with Gasteiger partial charge in [-0.2, -0.15) is 0 Å². The van der Waals surface area contributed by atoms with Gasteiger partial charge in [0, 0.05) is 40.0 Å². The molecule has 1 aliphatic heterocycles. The minimum atomic E-state index is -0.0191. The monoisotopic (exact) mass is 420 g/mol. The normalized spacial score (nSPS) is 17.2. The number of fused-ring (bicyclic) bond motifs is 1. The number of imidazole rings is 1. The average Bonchev–Trinajstić information content (AvgIpc) is 3.17. The van der Waals surface area contributed by atoms with E-state index in [1.807, 2.05) is 50.5 Å². The van der Waals surface area contributed by atoms with Crippen molar-refractivity contribution in [2.75, 3.05) is 33.8 Å². The predicted molar refractivity (Wildman–Crippen MR) is 122 cm³/mol. The Morgan fingerprint density at radius 1 is 1.23 bits per heavy atom. The number of ether oxygens (including phenoxy) is 1. The Morgan fingerprint density at radius 3 is 2.81 bits per heavy atom. The standard InChI is InChI=1S/C25H32N4O2/c1-19-9-7-15-29-22(18-28-14-8-12-21(17-28)31-3)23(26-24(19)29)25(30)27(2)16-13-20-10-5-4-6-11-20/h4-7,9-11,15,21H,8,12-14,16-18H2,1-3H3. The Hall–Kier alpha value is -2.70. The highest BCUT2D eigenvalue weighted by Crippen LogP contribution is 2.22. The number of hydrogen-bond donors (Lipinski definition) is 0. The van der Waals surface area contributed by atoms with E-state index in [1.54, 1.807) is 12.0 Å². The van der Waals surface area contributed by atoms with E-state index in [2.05, 4.69) is 21.4 Å². The minimum absolute atomic E-state index is 0.0191. The highest BCUT2D eigenvalue weighted by atomic mass is 16.5. The van der Waals surface area contributed by atoms with Gasteiger partial charge in [-0.3, -0.25) is 9.69 Å². The van der Waals surface area contributed by atoms with Crippen molar-refractivity contribution >= 4 is 11.6 Å². The van der Waals surface area contributed by atoms with E-state index < -0.39 is 0 Å². The lowest BCUT2D eigenvalue weighted by Gasteiger charge is -2.31. The fourth-order valence-corrected chi connectivity index (χ4v) is 4.36. The topological polar surface area (TPSA) is 50.1 Å². The SMILES string of the molecule is COC1CCCN(Cc2c(C(=O)N(C)CCc3ccccc3)nc3c(C)cccn23)C1. The van der Waals surface area contributed by atoms with Crippen molar-refractivity contribution in [2.24, 2.45) is 0 Å². The fraction of sp³-hybridized carbons (Fsp3) is 0.440. The molecule has 6 heteroatoms. The summed E-state index contributed by atoms with van der Waals surface area (Å²) >= 11 is 0. The second-order valence-corrected chi connectivity index (χ2v) is 8.49. The summed E-state index contributed by atoms with van der Waals surface area (Å²) in [5.74, 6) is -0.0191. The van der Waals surface area contributed by atoms with Crippen LogP contribution in [0.5, 0.6) is 0 Å². The summed E-state index contributed by atoms with van der Waals surface area (Å²) < 4.78 is 7.69. The number of carbonyl (C=O) groups excluding carboxylic acids is 1. The van der Waals surface area contributed by atoms with Crippen LogP contribution in [0.3, 0.4) is 0 Å². The molecule has 1 aliphatic rings. The number of nitrogens with zero attached hydrogens (tertiary/aromatic N) is 4. The van der Waals surface area contributed by atoms with Crippen LogP contribution in [-0.2, 0) is 17.7 Å². The number of benzene rings is 1. The van der Waals surface area contributed by atoms with E-state index in [0.717, 1.165) is 49.3 Å². The van der Waals surface area contributed by atoms with Gasteiger partial charge in [0.15, 0.2) is 5.69 Å². The van der Waals surface area contributed by atoms with Gasteiger partial charge in [-0.05, 0) is 49.9 Å². The van der Waals surface area contributed by atoms with Crippen molar-refractivity contribution in [3.8, 4) is 0 Å². The summed E-state index contributed by atoms with van der Waals surface area (Å²) in [6.45, 7) is 5.29. The number of amides is 1. The maximum absolute atomic E-state index is 13.4. The zero-order valence-electron chi connectivity index (χ0n) is 18.8. The van der Waals surface area contributed by atoms with Crippen LogP contribution < -0.4 is 0 Å². The first kappa shape index (κ1) is 21.5. The van der Waals surface area contributed by atoms with E-state index in [1.165, 1.54) is 5.56 Å². The Bertz CT molecular complexity index is 1030. The zero-order valence-corrected chi connectivity index (χ0v) is 18.8. The number of likely N-dealkylation sites (N-methyl/N-ethyl adjacent to an activating group) is 1. The third-order valence-corrected chi connectivity index (χ3v) is 6.24. The molecule has 4 rings (SSSR count). The highest BCUT2D eigenvalue weighted by Gasteiger charge is 2.26. The molecule has 3 heterocycles. The lowest BCUT2D eigenvalue weighted by atomic mass is 10.1. The molecular weight excluding hydrogens is 388 g/mol. The van der Waals surface area contributed by atoms with Crippen molar-refractivity contribution in [1.29, 1.82) is 0 Å². The molecular formula is C25H32N4O2. The van der Waals surface area contributed by atoms with Crippen LogP contribution in [0.2, 0.25) is 0 Å². The molecule has 0 bridgehead atoms. The van der Waals surface area contributed by atoms with Crippen LogP contribution in [0.25, 0.3) is 5.65 Å². The molecule has 2 aromatic heterocycles. The molecule has 1 unspecified atom stereocenters. The van der Waals surface area contributed by atoms with Crippen LogP contribution in [-0.4, -0.2) is 65.0 Å². The number of rotatable bonds is 7. The molecule has 0 aliphatic carbocycles. The number of carbonyl (C=O) groups is 1. The summed E-state index contributed by atoms with van der Waals surface area (Å²) in [6.07, 6.45) is 5.29. The second-order valence-electron chi connectivity index (χ2n) is 8.49. The van der Waals surface area contributed by atoms with Gasteiger partial charge in [0.1, 0.15) is 5.65 Å². The first-order valence-corrected chi connectivity index (χ1v) is 11.1. The van der Waals surface area contributed by atoms with Crippen molar-refractivity contribution in [3.05, 3.63) is 71.2 Å². The summed E-state index contributed by atoms with van der Waals surface area (Å²) in [7, 11) is 3.65. The van der Waals surface area contributed by atoms with Gasteiger partial charge in [0.2, 0.25) is 0 Å². The third-order valence-electron chi connectivity index (χ3n) is 6.24. The molecule has 0 radical (unpaired) electrons. The number of likely N-dealkylation sites (tertiary alicyclic amines) is 1. The van der Waals surface area contributed by atoms with Crippen LogP contribution in [0.1, 0.15) is 40.2 Å². The number of aromatic nitrogens is 2. The van der Waals surface area contributed by atoms with Gasteiger partial charge in [-0.15, -0.1) is 0 Å². The average molecular weight is 421 g/mol. The van der Waals surface area contributed by atoms with E-state index in [-0.39, 0.29) is 12.0 Å². The summed E-state index contributed by atoms with van der Waals surface area (Å²) in [4.78, 5) is 22.4. The molecule has 31 heavy (non-hydrogen) atoms. The molecule has 0 N–H and O–H groups in total. The van der Waals surface area contributed by atoms with E-state index >= 15 is 0 Å². The van der Waals surface area contributed by atoms with Crippen molar-refractivity contribution in [1.82, 2.24) is 19.2 Å². The van der Waals surface area contributed by atoms with Crippen molar-refractivity contribution in [3.63, 3.8) is 0 Å². The number of piperidine rings is 1. The van der Waals surface area contributed by atoms with Gasteiger partial charge < -0.3 is 14.0 Å². The first-order chi connectivity index (χ1) is 15.1. The van der Waals surface area contributed by atoms with Gasteiger partial charge in [-0.1, -0.05) is 36.4 Å². The van der Waals surface area contributed by atoms with E-state index in [0.29, 0.717) is 18.8 Å². The van der Waals surface area contributed by atoms with Gasteiger partial charge in [0.25, 0.3) is 5.91 Å². The minimum Gasteiger partial charge on any atom is -0.380 e. The zero-order chi connectivity index (χ0) is 21.8. The summed E-state index contributed by atoms with van der Waals surface area (Å²) in [6, 6.07) is 14.3. The van der Waals surface area contributed by atoms with Gasteiger partial charge in [0.05, 0.1) is 11.8 Å².